The average molecular weight is 316 g/mol. The van der Waals surface area contributed by atoms with Crippen molar-refractivity contribution < 1.29 is 4.74 Å². The fourth-order valence-corrected chi connectivity index (χ4v) is 2.32. The van der Waals surface area contributed by atoms with Gasteiger partial charge in [0.05, 0.1) is 0 Å². The topological polar surface area (TPSA) is 47.3 Å². The van der Waals surface area contributed by atoms with Crippen molar-refractivity contribution in [2.45, 2.75) is 46.6 Å². The summed E-state index contributed by atoms with van der Waals surface area (Å²) in [6.07, 6.45) is 6.26. The first-order valence-corrected chi connectivity index (χ1v) is 8.50. The molecule has 3 N–H and O–H groups in total. The molecule has 0 unspecified atom stereocenters. The van der Waals surface area contributed by atoms with Gasteiger partial charge in [-0.3, -0.25) is 0 Å². The van der Waals surface area contributed by atoms with Crippen molar-refractivity contribution in [3.05, 3.63) is 47.1 Å². The highest BCUT2D eigenvalue weighted by Crippen LogP contribution is 2.29. The largest absolute Gasteiger partial charge is 0.488 e. The van der Waals surface area contributed by atoms with E-state index in [1.807, 2.05) is 13.0 Å². The SMILES string of the molecule is C=C(C)/C=C\c1c(C)ccc(C)c1O[C@H](CC)CNCCCN. The van der Waals surface area contributed by atoms with E-state index in [4.69, 9.17) is 10.5 Å². The maximum atomic E-state index is 6.34. The van der Waals surface area contributed by atoms with Crippen molar-refractivity contribution in [3.63, 3.8) is 0 Å². The van der Waals surface area contributed by atoms with Gasteiger partial charge in [0.2, 0.25) is 0 Å². The van der Waals surface area contributed by atoms with Crippen molar-refractivity contribution in [3.8, 4) is 5.75 Å². The summed E-state index contributed by atoms with van der Waals surface area (Å²) in [4.78, 5) is 0. The quantitative estimate of drug-likeness (QED) is 0.507. The van der Waals surface area contributed by atoms with Gasteiger partial charge in [-0.2, -0.15) is 0 Å². The molecule has 3 heteroatoms. The van der Waals surface area contributed by atoms with Crippen molar-refractivity contribution in [2.75, 3.05) is 19.6 Å². The molecule has 0 fully saturated rings. The summed E-state index contributed by atoms with van der Waals surface area (Å²) in [5.41, 5.74) is 10.1. The minimum atomic E-state index is 0.158. The Morgan fingerprint density at radius 1 is 1.35 bits per heavy atom. The maximum Gasteiger partial charge on any atom is 0.130 e. The lowest BCUT2D eigenvalue weighted by molar-refractivity contribution is 0.192. The Kier molecular flexibility index (Phi) is 8.67. The van der Waals surface area contributed by atoms with E-state index in [9.17, 15) is 0 Å². The Morgan fingerprint density at radius 3 is 2.65 bits per heavy atom. The van der Waals surface area contributed by atoms with Gasteiger partial charge in [0.1, 0.15) is 11.9 Å². The minimum Gasteiger partial charge on any atom is -0.488 e. The van der Waals surface area contributed by atoms with Crippen LogP contribution in [-0.2, 0) is 0 Å². The molecule has 0 aliphatic heterocycles. The third kappa shape index (κ3) is 6.59. The van der Waals surface area contributed by atoms with Crippen LogP contribution < -0.4 is 15.8 Å². The summed E-state index contributed by atoms with van der Waals surface area (Å²) in [5, 5.41) is 3.42. The van der Waals surface area contributed by atoms with Gasteiger partial charge in [-0.05, 0) is 57.8 Å². The zero-order chi connectivity index (χ0) is 17.2. The zero-order valence-corrected chi connectivity index (χ0v) is 15.1. The van der Waals surface area contributed by atoms with Crippen LogP contribution in [0.1, 0.15) is 43.4 Å². The standard InChI is InChI=1S/C20H32N2O/c1-6-18(14-22-13-7-12-21)23-20-17(5)10-9-16(4)19(20)11-8-15(2)3/h8-11,18,22H,2,6-7,12-14,21H2,1,3-5H3/b11-8-/t18-/m1/s1. The van der Waals surface area contributed by atoms with E-state index in [0.29, 0.717) is 0 Å². The molecule has 0 amide bonds. The monoisotopic (exact) mass is 316 g/mol. The molecule has 3 nitrogen and oxygen atoms in total. The van der Waals surface area contributed by atoms with E-state index in [1.54, 1.807) is 0 Å². The Hall–Kier alpha value is -1.58. The third-order valence-corrected chi connectivity index (χ3v) is 3.82. The Morgan fingerprint density at radius 2 is 2.04 bits per heavy atom. The van der Waals surface area contributed by atoms with E-state index < -0.39 is 0 Å². The van der Waals surface area contributed by atoms with Crippen LogP contribution in [0.15, 0.2) is 30.4 Å². The van der Waals surface area contributed by atoms with Crippen LogP contribution in [0.3, 0.4) is 0 Å². The summed E-state index contributed by atoms with van der Waals surface area (Å²) >= 11 is 0. The summed E-state index contributed by atoms with van der Waals surface area (Å²) in [7, 11) is 0. The molecule has 0 spiro atoms. The van der Waals surface area contributed by atoms with Crippen LogP contribution in [0.25, 0.3) is 6.08 Å². The second-order valence-corrected chi connectivity index (χ2v) is 6.12. The molecule has 0 aliphatic carbocycles. The van der Waals surface area contributed by atoms with Gasteiger partial charge in [0.25, 0.3) is 0 Å². The molecule has 0 heterocycles. The highest BCUT2D eigenvalue weighted by Gasteiger charge is 2.14. The summed E-state index contributed by atoms with van der Waals surface area (Å²) < 4.78 is 6.34. The van der Waals surface area contributed by atoms with E-state index in [1.165, 1.54) is 5.56 Å². The lowest BCUT2D eigenvalue weighted by Gasteiger charge is -2.22. The number of benzene rings is 1. The van der Waals surface area contributed by atoms with Gasteiger partial charge in [0, 0.05) is 12.1 Å². The number of allylic oxidation sites excluding steroid dienone is 2. The molecule has 1 rings (SSSR count). The molecule has 1 aromatic rings. The molecule has 128 valence electrons. The van der Waals surface area contributed by atoms with Crippen LogP contribution in [0.5, 0.6) is 5.75 Å². The Labute approximate surface area is 141 Å². The molecule has 1 atom stereocenters. The number of aryl methyl sites for hydroxylation is 2. The normalized spacial score (nSPS) is 12.6. The van der Waals surface area contributed by atoms with Gasteiger partial charge in [-0.1, -0.05) is 43.4 Å². The molecule has 0 bridgehead atoms. The van der Waals surface area contributed by atoms with Crippen LogP contribution in [0.2, 0.25) is 0 Å². The van der Waals surface area contributed by atoms with Crippen molar-refractivity contribution in [2.24, 2.45) is 5.73 Å². The molecule has 0 aromatic heterocycles. The van der Waals surface area contributed by atoms with Crippen LogP contribution in [0, 0.1) is 13.8 Å². The first kappa shape index (κ1) is 19.5. The van der Waals surface area contributed by atoms with Crippen LogP contribution in [0.4, 0.5) is 0 Å². The van der Waals surface area contributed by atoms with Gasteiger partial charge in [-0.15, -0.1) is 0 Å². The maximum absolute atomic E-state index is 6.34. The molecule has 0 saturated heterocycles. The van der Waals surface area contributed by atoms with Crippen molar-refractivity contribution in [1.82, 2.24) is 5.32 Å². The fraction of sp³-hybridized carbons (Fsp3) is 0.500. The van der Waals surface area contributed by atoms with Gasteiger partial charge >= 0.3 is 0 Å². The second kappa shape index (κ2) is 10.2. The highest BCUT2D eigenvalue weighted by molar-refractivity contribution is 5.64. The van der Waals surface area contributed by atoms with E-state index in [-0.39, 0.29) is 6.10 Å². The minimum absolute atomic E-state index is 0.158. The fourth-order valence-electron chi connectivity index (χ4n) is 2.32. The van der Waals surface area contributed by atoms with Crippen molar-refractivity contribution in [1.29, 1.82) is 0 Å². The predicted octanol–water partition coefficient (Wildman–Crippen LogP) is 3.99. The van der Waals surface area contributed by atoms with Gasteiger partial charge in [0.15, 0.2) is 0 Å². The number of rotatable bonds is 10. The third-order valence-electron chi connectivity index (χ3n) is 3.82. The average Bonchev–Trinajstić information content (AvgIpc) is 2.52. The van der Waals surface area contributed by atoms with E-state index in [2.05, 4.69) is 50.9 Å². The van der Waals surface area contributed by atoms with Gasteiger partial charge in [-0.25, -0.2) is 0 Å². The van der Waals surface area contributed by atoms with E-state index >= 15 is 0 Å². The smallest absolute Gasteiger partial charge is 0.130 e. The van der Waals surface area contributed by atoms with E-state index in [0.717, 1.165) is 54.9 Å². The number of hydrogen-bond donors (Lipinski definition) is 2. The van der Waals surface area contributed by atoms with Crippen LogP contribution >= 0.6 is 0 Å². The Balaban J connectivity index is 2.91. The lowest BCUT2D eigenvalue weighted by Crippen LogP contribution is -2.32. The number of hydrogen-bond acceptors (Lipinski definition) is 3. The Bertz CT molecular complexity index is 535. The molecule has 0 saturated carbocycles. The summed E-state index contributed by atoms with van der Waals surface area (Å²) in [6, 6.07) is 4.26. The molecular weight excluding hydrogens is 284 g/mol. The molecule has 1 aromatic carbocycles. The summed E-state index contributed by atoms with van der Waals surface area (Å²) in [5.74, 6) is 0.981. The molecule has 23 heavy (non-hydrogen) atoms. The van der Waals surface area contributed by atoms with Crippen molar-refractivity contribution >= 4 is 6.08 Å². The molecular formula is C20H32N2O. The number of nitrogens with two attached hydrogens (primary N) is 1. The summed E-state index contributed by atoms with van der Waals surface area (Å²) in [6.45, 7) is 14.8. The lowest BCUT2D eigenvalue weighted by atomic mass is 10.0. The first-order valence-electron chi connectivity index (χ1n) is 8.50. The van der Waals surface area contributed by atoms with Gasteiger partial charge < -0.3 is 15.8 Å². The zero-order valence-electron chi connectivity index (χ0n) is 15.1. The van der Waals surface area contributed by atoms with Crippen LogP contribution in [-0.4, -0.2) is 25.7 Å². The highest BCUT2D eigenvalue weighted by atomic mass is 16.5. The molecule has 0 aliphatic rings. The molecule has 0 radical (unpaired) electrons. The number of nitrogens with one attached hydrogen (secondary N) is 1. The first-order chi connectivity index (χ1) is 11.0. The number of ether oxygens (including phenoxy) is 1. The predicted molar refractivity (Wildman–Crippen MR) is 101 cm³/mol. The second-order valence-electron chi connectivity index (χ2n) is 6.12.